The number of piperazine rings is 1. The third-order valence-corrected chi connectivity index (χ3v) is 6.93. The van der Waals surface area contributed by atoms with Crippen LogP contribution in [-0.4, -0.2) is 79.3 Å². The second kappa shape index (κ2) is 11.3. The minimum Gasteiger partial charge on any atom is -0.465 e. The molecule has 2 aromatic rings. The Labute approximate surface area is 198 Å². The van der Waals surface area contributed by atoms with E-state index in [-0.39, 0.29) is 5.97 Å². The zero-order valence-electron chi connectivity index (χ0n) is 20.2. The van der Waals surface area contributed by atoms with Crippen LogP contribution in [0.1, 0.15) is 40.9 Å². The Kier molecular flexibility index (Phi) is 8.15. The van der Waals surface area contributed by atoms with Gasteiger partial charge in [0.1, 0.15) is 0 Å². The summed E-state index contributed by atoms with van der Waals surface area (Å²) in [5, 5.41) is 0. The molecular weight excluding hydrogens is 414 g/mol. The molecule has 2 atom stereocenters. The lowest BCUT2D eigenvalue weighted by Gasteiger charge is -2.45. The molecular formula is C27H37N3O3. The predicted molar refractivity (Wildman–Crippen MR) is 130 cm³/mol. The van der Waals surface area contributed by atoms with E-state index in [0.717, 1.165) is 59.0 Å². The Morgan fingerprint density at radius 1 is 0.879 bits per heavy atom. The summed E-state index contributed by atoms with van der Waals surface area (Å²) in [5.74, 6) is -0.286. The SMILES string of the molecule is COC(=O)c1ccc(CN2C[C@@H](C)N(Cc3ccccc3CN3CCOCC3)[C@@H](C)C2)cc1. The van der Waals surface area contributed by atoms with Crippen molar-refractivity contribution in [3.8, 4) is 0 Å². The zero-order chi connectivity index (χ0) is 23.2. The molecule has 0 radical (unpaired) electrons. The van der Waals surface area contributed by atoms with Crippen LogP contribution in [0.15, 0.2) is 48.5 Å². The smallest absolute Gasteiger partial charge is 0.337 e. The van der Waals surface area contributed by atoms with Gasteiger partial charge in [0.2, 0.25) is 0 Å². The van der Waals surface area contributed by atoms with E-state index in [1.807, 2.05) is 24.3 Å². The molecule has 178 valence electrons. The molecule has 0 unspecified atom stereocenters. The van der Waals surface area contributed by atoms with E-state index in [1.165, 1.54) is 23.8 Å². The quantitative estimate of drug-likeness (QED) is 0.602. The number of methoxy groups -OCH3 is 1. The fraction of sp³-hybridized carbons (Fsp3) is 0.519. The number of benzene rings is 2. The molecule has 0 spiro atoms. The van der Waals surface area contributed by atoms with Crippen molar-refractivity contribution < 1.29 is 14.3 Å². The Hall–Kier alpha value is -2.25. The number of morpholine rings is 1. The van der Waals surface area contributed by atoms with Crippen LogP contribution in [0, 0.1) is 0 Å². The van der Waals surface area contributed by atoms with Gasteiger partial charge in [-0.05, 0) is 42.7 Å². The third kappa shape index (κ3) is 6.21. The van der Waals surface area contributed by atoms with Gasteiger partial charge in [-0.1, -0.05) is 36.4 Å². The molecule has 0 bridgehead atoms. The number of carbonyl (C=O) groups is 1. The Balaban J connectivity index is 1.36. The van der Waals surface area contributed by atoms with Crippen LogP contribution < -0.4 is 0 Å². The van der Waals surface area contributed by atoms with Crippen LogP contribution in [0.25, 0.3) is 0 Å². The molecule has 2 aliphatic rings. The number of esters is 1. The normalized spacial score (nSPS) is 22.9. The molecule has 4 rings (SSSR count). The maximum absolute atomic E-state index is 11.7. The first-order valence-corrected chi connectivity index (χ1v) is 12.1. The average Bonchev–Trinajstić information content (AvgIpc) is 2.83. The summed E-state index contributed by atoms with van der Waals surface area (Å²) in [5.41, 5.74) is 4.70. The fourth-order valence-electron chi connectivity index (χ4n) is 5.09. The summed E-state index contributed by atoms with van der Waals surface area (Å²) < 4.78 is 10.3. The van der Waals surface area contributed by atoms with E-state index >= 15 is 0 Å². The summed E-state index contributed by atoms with van der Waals surface area (Å²) in [4.78, 5) is 19.3. The number of ether oxygens (including phenoxy) is 2. The van der Waals surface area contributed by atoms with E-state index in [4.69, 9.17) is 9.47 Å². The molecule has 0 N–H and O–H groups in total. The average molecular weight is 452 g/mol. The van der Waals surface area contributed by atoms with Gasteiger partial charge in [0, 0.05) is 57.9 Å². The van der Waals surface area contributed by atoms with Crippen molar-refractivity contribution >= 4 is 5.97 Å². The van der Waals surface area contributed by atoms with E-state index < -0.39 is 0 Å². The lowest BCUT2D eigenvalue weighted by Crippen LogP contribution is -2.55. The van der Waals surface area contributed by atoms with Crippen molar-refractivity contribution in [3.63, 3.8) is 0 Å². The van der Waals surface area contributed by atoms with Gasteiger partial charge in [-0.3, -0.25) is 14.7 Å². The van der Waals surface area contributed by atoms with Crippen molar-refractivity contribution in [3.05, 3.63) is 70.8 Å². The Morgan fingerprint density at radius 2 is 1.48 bits per heavy atom. The van der Waals surface area contributed by atoms with Gasteiger partial charge in [-0.2, -0.15) is 0 Å². The summed E-state index contributed by atoms with van der Waals surface area (Å²) in [6, 6.07) is 17.6. The van der Waals surface area contributed by atoms with Crippen LogP contribution in [0.4, 0.5) is 0 Å². The summed E-state index contributed by atoms with van der Waals surface area (Å²) in [7, 11) is 1.42. The second-order valence-corrected chi connectivity index (χ2v) is 9.41. The summed E-state index contributed by atoms with van der Waals surface area (Å²) in [6.07, 6.45) is 0. The highest BCUT2D eigenvalue weighted by Gasteiger charge is 2.30. The highest BCUT2D eigenvalue weighted by atomic mass is 16.5. The Bertz CT molecular complexity index is 899. The maximum Gasteiger partial charge on any atom is 0.337 e. The third-order valence-electron chi connectivity index (χ3n) is 6.93. The van der Waals surface area contributed by atoms with Gasteiger partial charge < -0.3 is 9.47 Å². The van der Waals surface area contributed by atoms with E-state index in [2.05, 4.69) is 52.8 Å². The van der Waals surface area contributed by atoms with E-state index in [1.54, 1.807) is 0 Å². The van der Waals surface area contributed by atoms with Crippen LogP contribution in [0.5, 0.6) is 0 Å². The summed E-state index contributed by atoms with van der Waals surface area (Å²) in [6.45, 7) is 13.4. The number of rotatable bonds is 7. The van der Waals surface area contributed by atoms with E-state index in [0.29, 0.717) is 17.6 Å². The van der Waals surface area contributed by atoms with Gasteiger partial charge in [0.05, 0.1) is 25.9 Å². The van der Waals surface area contributed by atoms with Gasteiger partial charge in [0.15, 0.2) is 0 Å². The highest BCUT2D eigenvalue weighted by molar-refractivity contribution is 5.89. The molecule has 2 aliphatic heterocycles. The summed E-state index contributed by atoms with van der Waals surface area (Å²) >= 11 is 0. The van der Waals surface area contributed by atoms with E-state index in [9.17, 15) is 4.79 Å². The first-order chi connectivity index (χ1) is 16.0. The molecule has 2 aromatic carbocycles. The number of hydrogen-bond acceptors (Lipinski definition) is 6. The monoisotopic (exact) mass is 451 g/mol. The number of hydrogen-bond donors (Lipinski definition) is 0. The van der Waals surface area contributed by atoms with Gasteiger partial charge in [0.25, 0.3) is 0 Å². The molecule has 6 nitrogen and oxygen atoms in total. The predicted octanol–water partition coefficient (Wildman–Crippen LogP) is 3.40. The largest absolute Gasteiger partial charge is 0.465 e. The number of nitrogens with zero attached hydrogens (tertiary/aromatic N) is 3. The molecule has 2 saturated heterocycles. The van der Waals surface area contributed by atoms with Gasteiger partial charge >= 0.3 is 5.97 Å². The second-order valence-electron chi connectivity index (χ2n) is 9.41. The van der Waals surface area contributed by atoms with Crippen LogP contribution >= 0.6 is 0 Å². The molecule has 0 saturated carbocycles. The molecule has 6 heteroatoms. The fourth-order valence-corrected chi connectivity index (χ4v) is 5.09. The first-order valence-electron chi connectivity index (χ1n) is 12.1. The number of carbonyl (C=O) groups excluding carboxylic acids is 1. The van der Waals surface area contributed by atoms with Crippen LogP contribution in [0.2, 0.25) is 0 Å². The molecule has 2 fully saturated rings. The lowest BCUT2D eigenvalue weighted by molar-refractivity contribution is 0.0268. The first kappa shape index (κ1) is 23.9. The van der Waals surface area contributed by atoms with Crippen LogP contribution in [0.3, 0.4) is 0 Å². The molecule has 0 aliphatic carbocycles. The standard InChI is InChI=1S/C27H37N3O3/c1-21-16-29(18-23-8-10-24(11-9-23)27(31)32-3)17-22(2)30(21)20-26-7-5-4-6-25(26)19-28-12-14-33-15-13-28/h4-11,21-22H,12-20H2,1-3H3/t21-,22+. The van der Waals surface area contributed by atoms with Crippen molar-refractivity contribution in [2.45, 2.75) is 45.6 Å². The minimum atomic E-state index is -0.286. The Morgan fingerprint density at radius 3 is 2.09 bits per heavy atom. The highest BCUT2D eigenvalue weighted by Crippen LogP contribution is 2.23. The zero-order valence-corrected chi connectivity index (χ0v) is 20.2. The topological polar surface area (TPSA) is 45.2 Å². The van der Waals surface area contributed by atoms with Crippen molar-refractivity contribution in [2.75, 3.05) is 46.5 Å². The van der Waals surface area contributed by atoms with Gasteiger partial charge in [-0.15, -0.1) is 0 Å². The molecule has 33 heavy (non-hydrogen) atoms. The maximum atomic E-state index is 11.7. The molecule has 2 heterocycles. The minimum absolute atomic E-state index is 0.286. The van der Waals surface area contributed by atoms with Crippen molar-refractivity contribution in [1.29, 1.82) is 0 Å². The molecule has 0 amide bonds. The van der Waals surface area contributed by atoms with Crippen molar-refractivity contribution in [1.82, 2.24) is 14.7 Å². The lowest BCUT2D eigenvalue weighted by atomic mass is 10.0. The van der Waals surface area contributed by atoms with Crippen molar-refractivity contribution in [2.24, 2.45) is 0 Å². The van der Waals surface area contributed by atoms with Gasteiger partial charge in [-0.25, -0.2) is 4.79 Å². The molecule has 0 aromatic heterocycles. The van der Waals surface area contributed by atoms with Crippen LogP contribution in [-0.2, 0) is 29.1 Å².